The van der Waals surface area contributed by atoms with Gasteiger partial charge in [-0.2, -0.15) is 0 Å². The minimum atomic E-state index is 0.153. The van der Waals surface area contributed by atoms with Crippen molar-refractivity contribution in [1.82, 2.24) is 14.8 Å². The summed E-state index contributed by atoms with van der Waals surface area (Å²) in [4.78, 5) is 12.7. The van der Waals surface area contributed by atoms with E-state index in [4.69, 9.17) is 0 Å². The van der Waals surface area contributed by atoms with Crippen LogP contribution in [0, 0.1) is 0 Å². The van der Waals surface area contributed by atoms with E-state index in [1.807, 2.05) is 36.4 Å². The summed E-state index contributed by atoms with van der Waals surface area (Å²) in [7, 11) is 0. The van der Waals surface area contributed by atoms with E-state index < -0.39 is 0 Å². The summed E-state index contributed by atoms with van der Waals surface area (Å²) in [6, 6.07) is 16.3. The molecular weight excluding hydrogens is 354 g/mol. The molecule has 0 atom stereocenters. The molecule has 1 aliphatic carbocycles. The minimum Gasteiger partial charge on any atom is -0.302 e. The van der Waals surface area contributed by atoms with E-state index in [1.165, 1.54) is 35.7 Å². The fourth-order valence-electron chi connectivity index (χ4n) is 3.60. The van der Waals surface area contributed by atoms with Crippen LogP contribution in [0.4, 0.5) is 0 Å². The largest absolute Gasteiger partial charge is 0.302 e. The zero-order valence-corrected chi connectivity index (χ0v) is 16.3. The standard InChI is InChI=1S/C22H23N3OS/c1-2-25-21(17-9-4-3-5-10-17)23-24-22(25)27-15-20(26)19-13-12-16-8-6-7-11-18(16)14-19/h3-5,9-10,12-14H,2,6-8,11,15H2,1H3. The molecule has 0 amide bonds. The molecular formula is C22H23N3OS. The molecule has 0 bridgehead atoms. The van der Waals surface area contributed by atoms with Crippen LogP contribution in [0.15, 0.2) is 53.7 Å². The molecule has 0 aliphatic heterocycles. The van der Waals surface area contributed by atoms with E-state index in [9.17, 15) is 4.79 Å². The van der Waals surface area contributed by atoms with Crippen molar-refractivity contribution >= 4 is 17.5 Å². The molecule has 0 unspecified atom stereocenters. The van der Waals surface area contributed by atoms with Gasteiger partial charge in [0.15, 0.2) is 16.8 Å². The Labute approximate surface area is 164 Å². The molecule has 3 aromatic rings. The highest BCUT2D eigenvalue weighted by atomic mass is 32.2. The van der Waals surface area contributed by atoms with Crippen LogP contribution in [0.1, 0.15) is 41.3 Å². The summed E-state index contributed by atoms with van der Waals surface area (Å²) in [5.74, 6) is 1.38. The summed E-state index contributed by atoms with van der Waals surface area (Å²) < 4.78 is 2.07. The number of benzene rings is 2. The van der Waals surface area contributed by atoms with Gasteiger partial charge in [-0.1, -0.05) is 54.2 Å². The molecule has 0 radical (unpaired) electrons. The van der Waals surface area contributed by atoms with Crippen LogP contribution in [-0.2, 0) is 19.4 Å². The van der Waals surface area contributed by atoms with Gasteiger partial charge < -0.3 is 4.57 Å². The predicted octanol–water partition coefficient (Wildman–Crippen LogP) is 4.82. The molecule has 0 N–H and O–H groups in total. The number of hydrogen-bond donors (Lipinski definition) is 0. The normalized spacial score (nSPS) is 13.4. The molecule has 1 heterocycles. The van der Waals surface area contributed by atoms with Crippen LogP contribution in [0.3, 0.4) is 0 Å². The lowest BCUT2D eigenvalue weighted by Gasteiger charge is -2.16. The highest BCUT2D eigenvalue weighted by molar-refractivity contribution is 7.99. The molecule has 2 aromatic carbocycles. The van der Waals surface area contributed by atoms with E-state index in [1.54, 1.807) is 0 Å². The third-order valence-corrected chi connectivity index (χ3v) is 6.03. The van der Waals surface area contributed by atoms with Crippen LogP contribution >= 0.6 is 11.8 Å². The number of carbonyl (C=O) groups excluding carboxylic acids is 1. The highest BCUT2D eigenvalue weighted by Gasteiger charge is 2.16. The number of thioether (sulfide) groups is 1. The van der Waals surface area contributed by atoms with Gasteiger partial charge in [-0.05, 0) is 49.8 Å². The van der Waals surface area contributed by atoms with E-state index in [0.717, 1.165) is 41.5 Å². The molecule has 27 heavy (non-hydrogen) atoms. The average molecular weight is 378 g/mol. The number of rotatable bonds is 6. The Morgan fingerprint density at radius 2 is 1.81 bits per heavy atom. The van der Waals surface area contributed by atoms with Crippen molar-refractivity contribution in [3.8, 4) is 11.4 Å². The van der Waals surface area contributed by atoms with Gasteiger partial charge in [-0.15, -0.1) is 10.2 Å². The maximum absolute atomic E-state index is 12.7. The number of nitrogens with zero attached hydrogens (tertiary/aromatic N) is 3. The number of ketones is 1. The molecule has 0 fully saturated rings. The summed E-state index contributed by atoms with van der Waals surface area (Å²) in [6.07, 6.45) is 4.71. The van der Waals surface area contributed by atoms with Gasteiger partial charge in [-0.25, -0.2) is 0 Å². The number of hydrogen-bond acceptors (Lipinski definition) is 4. The van der Waals surface area contributed by atoms with Crippen molar-refractivity contribution in [3.63, 3.8) is 0 Å². The van der Waals surface area contributed by atoms with Crippen LogP contribution in [0.25, 0.3) is 11.4 Å². The molecule has 138 valence electrons. The van der Waals surface area contributed by atoms with Gasteiger partial charge in [0.05, 0.1) is 5.75 Å². The highest BCUT2D eigenvalue weighted by Crippen LogP contribution is 2.26. The number of aromatic nitrogens is 3. The summed E-state index contributed by atoms with van der Waals surface area (Å²) in [6.45, 7) is 2.84. The van der Waals surface area contributed by atoms with Crippen molar-refractivity contribution in [2.24, 2.45) is 0 Å². The van der Waals surface area contributed by atoms with Crippen LogP contribution < -0.4 is 0 Å². The summed E-state index contributed by atoms with van der Waals surface area (Å²) in [5.41, 5.74) is 4.61. The molecule has 1 aromatic heterocycles. The van der Waals surface area contributed by atoms with Crippen molar-refractivity contribution < 1.29 is 4.79 Å². The van der Waals surface area contributed by atoms with Crippen LogP contribution in [0.5, 0.6) is 0 Å². The van der Waals surface area contributed by atoms with E-state index >= 15 is 0 Å². The van der Waals surface area contributed by atoms with E-state index in [-0.39, 0.29) is 5.78 Å². The first-order chi connectivity index (χ1) is 13.3. The Hall–Kier alpha value is -2.40. The van der Waals surface area contributed by atoms with Crippen molar-refractivity contribution in [2.75, 3.05) is 5.75 Å². The first-order valence-corrected chi connectivity index (χ1v) is 10.5. The monoisotopic (exact) mass is 377 g/mol. The fraction of sp³-hybridized carbons (Fsp3) is 0.318. The second kappa shape index (κ2) is 8.09. The zero-order chi connectivity index (χ0) is 18.6. The van der Waals surface area contributed by atoms with Crippen LogP contribution in [-0.4, -0.2) is 26.3 Å². The Kier molecular flexibility index (Phi) is 5.39. The Morgan fingerprint density at radius 3 is 2.59 bits per heavy atom. The third-order valence-electron chi connectivity index (χ3n) is 5.07. The smallest absolute Gasteiger partial charge is 0.191 e. The second-order valence-corrected chi connectivity index (χ2v) is 7.76. The average Bonchev–Trinajstić information content (AvgIpc) is 3.15. The molecule has 0 saturated heterocycles. The van der Waals surface area contributed by atoms with Gasteiger partial charge in [0.1, 0.15) is 0 Å². The van der Waals surface area contributed by atoms with E-state index in [0.29, 0.717) is 5.75 Å². The Bertz CT molecular complexity index is 949. The number of carbonyl (C=O) groups is 1. The SMILES string of the molecule is CCn1c(SCC(=O)c2ccc3c(c2)CCCC3)nnc1-c1ccccc1. The van der Waals surface area contributed by atoms with Gasteiger partial charge in [-0.3, -0.25) is 4.79 Å². The topological polar surface area (TPSA) is 47.8 Å². The number of Topliss-reactive ketones (excluding diaryl/α,β-unsaturated/α-hetero) is 1. The maximum Gasteiger partial charge on any atom is 0.191 e. The summed E-state index contributed by atoms with van der Waals surface area (Å²) >= 11 is 1.47. The van der Waals surface area contributed by atoms with Crippen LogP contribution in [0.2, 0.25) is 0 Å². The number of aryl methyl sites for hydroxylation is 2. The lowest BCUT2D eigenvalue weighted by Crippen LogP contribution is -2.08. The van der Waals surface area contributed by atoms with E-state index in [2.05, 4.69) is 33.8 Å². The molecule has 5 heteroatoms. The van der Waals surface area contributed by atoms with Gasteiger partial charge in [0, 0.05) is 17.7 Å². The van der Waals surface area contributed by atoms with Gasteiger partial charge >= 0.3 is 0 Å². The Morgan fingerprint density at radius 1 is 1.04 bits per heavy atom. The van der Waals surface area contributed by atoms with Crippen molar-refractivity contribution in [2.45, 2.75) is 44.3 Å². The molecule has 0 spiro atoms. The Balaban J connectivity index is 1.49. The second-order valence-electron chi connectivity index (χ2n) is 6.82. The lowest BCUT2D eigenvalue weighted by molar-refractivity contribution is 0.102. The van der Waals surface area contributed by atoms with Gasteiger partial charge in [0.2, 0.25) is 0 Å². The minimum absolute atomic E-state index is 0.153. The summed E-state index contributed by atoms with van der Waals surface area (Å²) in [5, 5.41) is 9.46. The van der Waals surface area contributed by atoms with Gasteiger partial charge in [0.25, 0.3) is 0 Å². The molecule has 4 rings (SSSR count). The maximum atomic E-state index is 12.7. The molecule has 1 aliphatic rings. The van der Waals surface area contributed by atoms with Crippen molar-refractivity contribution in [3.05, 3.63) is 65.2 Å². The third kappa shape index (κ3) is 3.83. The zero-order valence-electron chi connectivity index (χ0n) is 15.5. The first-order valence-electron chi connectivity index (χ1n) is 9.52. The van der Waals surface area contributed by atoms with Crippen molar-refractivity contribution in [1.29, 1.82) is 0 Å². The fourth-order valence-corrected chi connectivity index (χ4v) is 4.50. The quantitative estimate of drug-likeness (QED) is 0.456. The molecule has 4 nitrogen and oxygen atoms in total. The number of fused-ring (bicyclic) bond motifs is 1. The lowest BCUT2D eigenvalue weighted by atomic mass is 9.90. The molecule has 0 saturated carbocycles. The first kappa shape index (κ1) is 18.0. The predicted molar refractivity (Wildman–Crippen MR) is 109 cm³/mol.